The fourth-order valence-electron chi connectivity index (χ4n) is 2.37. The summed E-state index contributed by atoms with van der Waals surface area (Å²) in [6.45, 7) is 0. The van der Waals surface area contributed by atoms with Crippen molar-refractivity contribution < 1.29 is 5.11 Å². The number of rotatable bonds is 1. The van der Waals surface area contributed by atoms with Crippen LogP contribution in [-0.2, 0) is 12.0 Å². The van der Waals surface area contributed by atoms with E-state index in [9.17, 15) is 5.11 Å². The maximum atomic E-state index is 10.7. The van der Waals surface area contributed by atoms with Crippen molar-refractivity contribution in [3.8, 4) is 0 Å². The molecule has 1 aliphatic carbocycles. The average Bonchev–Trinajstić information content (AvgIpc) is 2.71. The molecule has 3 nitrogen and oxygen atoms in total. The van der Waals surface area contributed by atoms with Gasteiger partial charge in [0.05, 0.1) is 11.9 Å². The summed E-state index contributed by atoms with van der Waals surface area (Å²) in [6.07, 6.45) is 6.46. The average molecular weight is 212 g/mol. The molecular formula is C13H12N2O. The van der Waals surface area contributed by atoms with E-state index in [-0.39, 0.29) is 0 Å². The Hall–Kier alpha value is -1.74. The molecule has 1 heterocycles. The van der Waals surface area contributed by atoms with Gasteiger partial charge in [-0.3, -0.25) is 9.97 Å². The van der Waals surface area contributed by atoms with Crippen molar-refractivity contribution >= 4 is 0 Å². The minimum atomic E-state index is -0.954. The van der Waals surface area contributed by atoms with E-state index in [2.05, 4.69) is 16.0 Å². The van der Waals surface area contributed by atoms with Gasteiger partial charge in [-0.1, -0.05) is 24.3 Å². The van der Waals surface area contributed by atoms with E-state index in [1.807, 2.05) is 18.2 Å². The third kappa shape index (κ3) is 1.25. The number of fused-ring (bicyclic) bond motifs is 1. The molecule has 0 aliphatic heterocycles. The number of aryl methyl sites for hydroxylation is 1. The highest BCUT2D eigenvalue weighted by atomic mass is 16.3. The Morgan fingerprint density at radius 3 is 2.88 bits per heavy atom. The summed E-state index contributed by atoms with van der Waals surface area (Å²) < 4.78 is 0. The van der Waals surface area contributed by atoms with Crippen LogP contribution in [0.1, 0.15) is 23.2 Å². The number of aromatic nitrogens is 2. The fourth-order valence-corrected chi connectivity index (χ4v) is 2.37. The highest BCUT2D eigenvalue weighted by molar-refractivity contribution is 5.42. The van der Waals surface area contributed by atoms with Crippen LogP contribution in [0.3, 0.4) is 0 Å². The summed E-state index contributed by atoms with van der Waals surface area (Å²) in [6, 6.07) is 7.98. The second-order valence-corrected chi connectivity index (χ2v) is 4.11. The second kappa shape index (κ2) is 3.39. The minimum absolute atomic E-state index is 0.639. The van der Waals surface area contributed by atoms with Crippen LogP contribution in [0.4, 0.5) is 0 Å². The molecule has 0 bridgehead atoms. The normalized spacial score (nSPS) is 23.1. The van der Waals surface area contributed by atoms with Crippen molar-refractivity contribution in [2.75, 3.05) is 0 Å². The van der Waals surface area contributed by atoms with Gasteiger partial charge in [0, 0.05) is 12.4 Å². The molecule has 3 heteroatoms. The van der Waals surface area contributed by atoms with E-state index in [1.165, 1.54) is 5.56 Å². The second-order valence-electron chi connectivity index (χ2n) is 4.11. The van der Waals surface area contributed by atoms with Gasteiger partial charge in [-0.15, -0.1) is 0 Å². The standard InChI is InChI=1S/C13H12N2O/c16-13(12-9-14-7-8-15-12)6-5-10-3-1-2-4-11(10)13/h1-4,7-9,16H,5-6H2. The van der Waals surface area contributed by atoms with Crippen LogP contribution >= 0.6 is 0 Å². The van der Waals surface area contributed by atoms with Crippen LogP contribution in [0.15, 0.2) is 42.9 Å². The molecular weight excluding hydrogens is 200 g/mol. The van der Waals surface area contributed by atoms with Crippen molar-refractivity contribution in [3.63, 3.8) is 0 Å². The third-order valence-corrected chi connectivity index (χ3v) is 3.21. The first-order valence-electron chi connectivity index (χ1n) is 5.38. The topological polar surface area (TPSA) is 46.0 Å². The summed E-state index contributed by atoms with van der Waals surface area (Å²) in [4.78, 5) is 8.24. The van der Waals surface area contributed by atoms with Crippen molar-refractivity contribution in [2.24, 2.45) is 0 Å². The first-order valence-corrected chi connectivity index (χ1v) is 5.38. The van der Waals surface area contributed by atoms with Gasteiger partial charge < -0.3 is 5.11 Å². The van der Waals surface area contributed by atoms with Crippen LogP contribution in [0, 0.1) is 0 Å². The summed E-state index contributed by atoms with van der Waals surface area (Å²) in [7, 11) is 0. The van der Waals surface area contributed by atoms with Crippen LogP contribution in [0.5, 0.6) is 0 Å². The summed E-state index contributed by atoms with van der Waals surface area (Å²) in [5.41, 5.74) is 1.86. The third-order valence-electron chi connectivity index (χ3n) is 3.21. The lowest BCUT2D eigenvalue weighted by Crippen LogP contribution is -2.25. The van der Waals surface area contributed by atoms with Gasteiger partial charge in [0.1, 0.15) is 5.60 Å². The summed E-state index contributed by atoms with van der Waals surface area (Å²) in [5.74, 6) is 0. The van der Waals surface area contributed by atoms with E-state index < -0.39 is 5.60 Å². The van der Waals surface area contributed by atoms with E-state index >= 15 is 0 Å². The number of hydrogen-bond donors (Lipinski definition) is 1. The van der Waals surface area contributed by atoms with Gasteiger partial charge in [-0.25, -0.2) is 0 Å². The predicted octanol–water partition coefficient (Wildman–Crippen LogP) is 1.66. The molecule has 80 valence electrons. The molecule has 1 N–H and O–H groups in total. The van der Waals surface area contributed by atoms with Crippen LogP contribution in [0.2, 0.25) is 0 Å². The zero-order valence-corrected chi connectivity index (χ0v) is 8.80. The first-order chi connectivity index (χ1) is 7.81. The molecule has 1 atom stereocenters. The zero-order chi connectivity index (χ0) is 11.0. The van der Waals surface area contributed by atoms with Crippen molar-refractivity contribution in [1.29, 1.82) is 0 Å². The molecule has 0 saturated carbocycles. The zero-order valence-electron chi connectivity index (χ0n) is 8.80. The Labute approximate surface area is 93.8 Å². The van der Waals surface area contributed by atoms with Crippen LogP contribution < -0.4 is 0 Å². The molecule has 2 aromatic rings. The lowest BCUT2D eigenvalue weighted by atomic mass is 9.93. The van der Waals surface area contributed by atoms with E-state index in [4.69, 9.17) is 0 Å². The highest BCUT2D eigenvalue weighted by Crippen LogP contribution is 2.40. The maximum absolute atomic E-state index is 10.7. The molecule has 0 saturated heterocycles. The number of aliphatic hydroxyl groups is 1. The predicted molar refractivity (Wildman–Crippen MR) is 59.8 cm³/mol. The van der Waals surface area contributed by atoms with Crippen LogP contribution in [0.25, 0.3) is 0 Å². The van der Waals surface area contributed by atoms with Crippen molar-refractivity contribution in [3.05, 3.63) is 59.7 Å². The van der Waals surface area contributed by atoms with E-state index in [0.29, 0.717) is 12.1 Å². The maximum Gasteiger partial charge on any atom is 0.134 e. The van der Waals surface area contributed by atoms with Crippen molar-refractivity contribution in [1.82, 2.24) is 9.97 Å². The molecule has 1 aromatic carbocycles. The number of benzene rings is 1. The lowest BCUT2D eigenvalue weighted by molar-refractivity contribution is 0.0778. The van der Waals surface area contributed by atoms with Gasteiger partial charge in [-0.05, 0) is 24.0 Å². The minimum Gasteiger partial charge on any atom is -0.379 e. The first kappa shape index (κ1) is 9.48. The highest BCUT2D eigenvalue weighted by Gasteiger charge is 2.39. The Morgan fingerprint density at radius 2 is 2.06 bits per heavy atom. The van der Waals surface area contributed by atoms with Gasteiger partial charge >= 0.3 is 0 Å². The molecule has 0 radical (unpaired) electrons. The van der Waals surface area contributed by atoms with E-state index in [1.54, 1.807) is 18.6 Å². The molecule has 16 heavy (non-hydrogen) atoms. The molecule has 0 amide bonds. The Morgan fingerprint density at radius 1 is 1.19 bits per heavy atom. The Kier molecular flexibility index (Phi) is 2.01. The van der Waals surface area contributed by atoms with Crippen molar-refractivity contribution in [2.45, 2.75) is 18.4 Å². The van der Waals surface area contributed by atoms with Crippen LogP contribution in [-0.4, -0.2) is 15.1 Å². The summed E-state index contributed by atoms with van der Waals surface area (Å²) in [5, 5.41) is 10.7. The Balaban J connectivity index is 2.15. The van der Waals surface area contributed by atoms with Gasteiger partial charge in [0.2, 0.25) is 0 Å². The monoisotopic (exact) mass is 212 g/mol. The molecule has 0 fully saturated rings. The number of hydrogen-bond acceptors (Lipinski definition) is 3. The van der Waals surface area contributed by atoms with Gasteiger partial charge in [0.15, 0.2) is 0 Å². The summed E-state index contributed by atoms with van der Waals surface area (Å²) >= 11 is 0. The molecule has 1 aromatic heterocycles. The number of nitrogens with zero attached hydrogens (tertiary/aromatic N) is 2. The quantitative estimate of drug-likeness (QED) is 0.782. The molecule has 0 spiro atoms. The molecule has 1 aliphatic rings. The largest absolute Gasteiger partial charge is 0.379 e. The van der Waals surface area contributed by atoms with Gasteiger partial charge in [0.25, 0.3) is 0 Å². The fraction of sp³-hybridized carbons (Fsp3) is 0.231. The van der Waals surface area contributed by atoms with Gasteiger partial charge in [-0.2, -0.15) is 0 Å². The molecule has 3 rings (SSSR count). The van der Waals surface area contributed by atoms with E-state index in [0.717, 1.165) is 12.0 Å². The SMILES string of the molecule is OC1(c2cnccn2)CCc2ccccc21. The Bertz CT molecular complexity index is 512. The molecule has 1 unspecified atom stereocenters. The smallest absolute Gasteiger partial charge is 0.134 e. The lowest BCUT2D eigenvalue weighted by Gasteiger charge is -2.22.